The number of pyridine rings is 1. The maximum Gasteiger partial charge on any atom is 0.333 e. The van der Waals surface area contributed by atoms with E-state index in [2.05, 4.69) is 41.0 Å². The van der Waals surface area contributed by atoms with Gasteiger partial charge in [-0.05, 0) is 76.1 Å². The van der Waals surface area contributed by atoms with Crippen LogP contribution < -0.4 is 20.8 Å². The summed E-state index contributed by atoms with van der Waals surface area (Å²) in [5.74, 6) is -2.06. The van der Waals surface area contributed by atoms with Crippen LogP contribution in [0.25, 0.3) is 0 Å². The molecule has 380 valence electrons. The number of nitrogens with zero attached hydrogens (tertiary/aromatic N) is 8. The number of aromatic nitrogens is 3. The second kappa shape index (κ2) is 24.8. The zero-order valence-electron chi connectivity index (χ0n) is 40.1. The summed E-state index contributed by atoms with van der Waals surface area (Å²) in [4.78, 5) is 110. The van der Waals surface area contributed by atoms with Crippen LogP contribution >= 0.6 is 21.6 Å². The highest BCUT2D eigenvalue weighted by Gasteiger charge is 2.44. The van der Waals surface area contributed by atoms with Crippen molar-refractivity contribution in [2.45, 2.75) is 102 Å². The molecule has 3 N–H and O–H groups in total. The molecule has 0 bridgehead atoms. The van der Waals surface area contributed by atoms with Gasteiger partial charge in [0.15, 0.2) is 0 Å². The molecule has 4 aliphatic rings. The van der Waals surface area contributed by atoms with E-state index in [-0.39, 0.29) is 86.9 Å². The Kier molecular flexibility index (Phi) is 18.4. The van der Waals surface area contributed by atoms with Crippen molar-refractivity contribution in [2.24, 2.45) is 11.0 Å². The van der Waals surface area contributed by atoms with Gasteiger partial charge in [-0.15, -0.1) is 5.06 Å². The number of piperidine rings is 1. The Morgan fingerprint density at radius 3 is 2.35 bits per heavy atom. The Bertz CT molecular complexity index is 2420. The Balaban J connectivity index is 0.713. The topological polar surface area (TPSA) is 238 Å². The van der Waals surface area contributed by atoms with Gasteiger partial charge in [-0.2, -0.15) is 5.10 Å². The normalized spacial score (nSPS) is 18.8. The molecule has 1 aliphatic carbocycles. The van der Waals surface area contributed by atoms with Crippen molar-refractivity contribution in [3.63, 3.8) is 0 Å². The second-order valence-corrected chi connectivity index (χ2v) is 21.5. The molecule has 1 saturated carbocycles. The van der Waals surface area contributed by atoms with Gasteiger partial charge in [-0.25, -0.2) is 29.4 Å². The number of imide groups is 1. The molecule has 2 aromatic heterocycles. The predicted molar refractivity (Wildman–Crippen MR) is 263 cm³/mol. The van der Waals surface area contributed by atoms with Gasteiger partial charge in [0.05, 0.1) is 18.7 Å². The van der Waals surface area contributed by atoms with E-state index >= 15 is 4.39 Å². The highest BCUT2D eigenvalue weighted by Crippen LogP contribution is 2.47. The number of nitrogens with one attached hydrogen (secondary N) is 3. The summed E-state index contributed by atoms with van der Waals surface area (Å²) in [5.41, 5.74) is 5.36. The monoisotopic (exact) mass is 1020 g/mol. The van der Waals surface area contributed by atoms with E-state index in [0.29, 0.717) is 72.0 Å². The number of hydrazone groups is 1. The fraction of sp³-hybridized carbons (Fsp3) is 0.521. The molecular weight excluding hydrogens is 958 g/mol. The number of ether oxygens (including phenoxy) is 1. The molecule has 23 heteroatoms. The van der Waals surface area contributed by atoms with Crippen molar-refractivity contribution in [2.75, 3.05) is 56.9 Å². The fourth-order valence-electron chi connectivity index (χ4n) is 8.42. The average Bonchev–Trinajstić information content (AvgIpc) is 4.12. The van der Waals surface area contributed by atoms with Crippen molar-refractivity contribution < 1.29 is 47.5 Å². The second-order valence-electron chi connectivity index (χ2n) is 18.4. The molecule has 1 aromatic carbocycles. The summed E-state index contributed by atoms with van der Waals surface area (Å²) in [6, 6.07) is 8.47. The summed E-state index contributed by atoms with van der Waals surface area (Å²) in [6.07, 6.45) is 9.60. The number of likely N-dealkylation sites (tertiary alicyclic amines) is 1. The van der Waals surface area contributed by atoms with E-state index in [1.54, 1.807) is 57.9 Å². The number of hydroxylamine groups is 2. The minimum absolute atomic E-state index is 0.0234. The molecule has 0 unspecified atom stereocenters. The van der Waals surface area contributed by atoms with Crippen molar-refractivity contribution in [1.29, 1.82) is 0 Å². The number of carbonyl (C=O) groups excluding carboxylic acids is 7. The first-order valence-corrected chi connectivity index (χ1v) is 26.1. The van der Waals surface area contributed by atoms with Crippen molar-refractivity contribution in [3.8, 4) is 6.01 Å². The van der Waals surface area contributed by atoms with Gasteiger partial charge in [-0.1, -0.05) is 33.7 Å². The molecule has 7 amide bonds. The SMILES string of the molecule is C/C(=N\NC(=O)CC(C)(C)SSCCC(=O)N1CCN(C2CCN(C(=O)NCc3ccc(NC(=O)[C@H]4C[C@@H]4c4cccnc4)cc3F)CC2)CC1)c1cnc(OCCCC(=O)ON2C(=O)CCC2=O)nc1. The van der Waals surface area contributed by atoms with Crippen molar-refractivity contribution in [3.05, 3.63) is 77.6 Å². The predicted octanol–water partition coefficient (Wildman–Crippen LogP) is 4.82. The Hall–Kier alpha value is -6.20. The minimum Gasteiger partial charge on any atom is -0.463 e. The number of rotatable bonds is 21. The van der Waals surface area contributed by atoms with Crippen LogP contribution in [0.5, 0.6) is 6.01 Å². The number of piperazine rings is 1. The first-order valence-electron chi connectivity index (χ1n) is 23.8. The Morgan fingerprint density at radius 1 is 0.930 bits per heavy atom. The lowest BCUT2D eigenvalue weighted by atomic mass is 10.0. The van der Waals surface area contributed by atoms with Crippen molar-refractivity contribution >= 4 is 74.5 Å². The van der Waals surface area contributed by atoms with Gasteiger partial charge in [0.1, 0.15) is 5.82 Å². The van der Waals surface area contributed by atoms with Crippen LogP contribution in [0.15, 0.2) is 60.2 Å². The average molecular weight is 1020 g/mol. The van der Waals surface area contributed by atoms with Crippen LogP contribution in [0.2, 0.25) is 0 Å². The molecule has 2 atom stereocenters. The van der Waals surface area contributed by atoms with Crippen molar-refractivity contribution in [1.82, 2.24) is 45.5 Å². The Morgan fingerprint density at radius 2 is 1.66 bits per heavy atom. The van der Waals surface area contributed by atoms with Crippen LogP contribution in [-0.2, 0) is 40.1 Å². The number of carbonyl (C=O) groups is 7. The largest absolute Gasteiger partial charge is 0.463 e. The third-order valence-electron chi connectivity index (χ3n) is 12.5. The molecule has 0 radical (unpaired) electrons. The Labute approximate surface area is 419 Å². The van der Waals surface area contributed by atoms with E-state index < -0.39 is 28.3 Å². The van der Waals surface area contributed by atoms with Crippen LogP contribution in [0.4, 0.5) is 14.9 Å². The lowest BCUT2D eigenvalue weighted by Crippen LogP contribution is -2.55. The fourth-order valence-corrected chi connectivity index (χ4v) is 10.9. The smallest absolute Gasteiger partial charge is 0.333 e. The number of anilines is 1. The molecule has 3 saturated heterocycles. The van der Waals surface area contributed by atoms with Gasteiger partial charge < -0.3 is 30.0 Å². The lowest BCUT2D eigenvalue weighted by Gasteiger charge is -2.42. The maximum atomic E-state index is 15.0. The van der Waals surface area contributed by atoms with Gasteiger partial charge >= 0.3 is 18.0 Å². The first-order chi connectivity index (χ1) is 34.1. The molecular formula is C48H60FN11O9S2. The number of hydrogen-bond donors (Lipinski definition) is 3. The highest BCUT2D eigenvalue weighted by atomic mass is 33.1. The summed E-state index contributed by atoms with van der Waals surface area (Å²) >= 11 is 0. The molecule has 71 heavy (non-hydrogen) atoms. The van der Waals surface area contributed by atoms with E-state index in [1.165, 1.54) is 18.5 Å². The zero-order valence-corrected chi connectivity index (χ0v) is 41.7. The zero-order chi connectivity index (χ0) is 50.5. The maximum absolute atomic E-state index is 15.0. The molecule has 7 rings (SSSR count). The van der Waals surface area contributed by atoms with Gasteiger partial charge in [0, 0.05) is 136 Å². The summed E-state index contributed by atoms with van der Waals surface area (Å²) in [6.45, 7) is 9.73. The number of benzene rings is 1. The number of hydrogen-bond acceptors (Lipinski definition) is 16. The van der Waals surface area contributed by atoms with Gasteiger partial charge in [0.25, 0.3) is 11.8 Å². The number of urea groups is 1. The van der Waals surface area contributed by atoms with E-state index in [4.69, 9.17) is 9.57 Å². The van der Waals surface area contributed by atoms with Crippen LogP contribution in [0.1, 0.15) is 101 Å². The van der Waals surface area contributed by atoms with E-state index in [1.807, 2.05) is 30.9 Å². The summed E-state index contributed by atoms with van der Waals surface area (Å²) < 4.78 is 20.0. The van der Waals surface area contributed by atoms with Crippen LogP contribution in [0.3, 0.4) is 0 Å². The molecule has 0 spiro atoms. The first kappa shape index (κ1) is 52.6. The molecule has 20 nitrogen and oxygen atoms in total. The molecule has 3 aromatic rings. The third kappa shape index (κ3) is 15.4. The summed E-state index contributed by atoms with van der Waals surface area (Å²) in [7, 11) is 3.11. The summed E-state index contributed by atoms with van der Waals surface area (Å²) in [5, 5.41) is 10.4. The van der Waals surface area contributed by atoms with Crippen LogP contribution in [-0.4, -0.2) is 144 Å². The quantitative estimate of drug-likeness (QED) is 0.0427. The van der Waals surface area contributed by atoms with E-state index in [0.717, 1.165) is 37.9 Å². The third-order valence-corrected chi connectivity index (χ3v) is 15.8. The molecule has 4 fully saturated rings. The number of halogens is 1. The standard InChI is InChI=1S/C48H60FN11O9S2/c1-31(34-29-51-46(52-30-34)68-22-5-7-44(65)69-60-42(63)10-11-43(60)64)55-56-40(61)26-48(2,3)71-70-23-14-41(62)58-20-18-57(19-21-58)36-12-16-59(17-13-36)47(67)53-28-33-8-9-35(24-39(33)49)54-45(66)38-25-37(38)32-6-4-15-50-27-32/h4,6,8-9,15,24,27,29-30,36-38H,5,7,10-14,16-23,25-26,28H2,1-3H3,(H,53,67)(H,54,66)(H,56,61)/b55-31+/t37-,38+/m1/s1. The lowest BCUT2D eigenvalue weighted by molar-refractivity contribution is -0.197. The van der Waals surface area contributed by atoms with Gasteiger partial charge in [-0.3, -0.25) is 33.9 Å². The minimum atomic E-state index is -0.719. The van der Waals surface area contributed by atoms with E-state index in [9.17, 15) is 33.6 Å². The highest BCUT2D eigenvalue weighted by molar-refractivity contribution is 8.77. The molecule has 5 heterocycles. The molecule has 3 aliphatic heterocycles. The number of amides is 7. The van der Waals surface area contributed by atoms with Gasteiger partial charge in [0.2, 0.25) is 17.7 Å². The van der Waals surface area contributed by atoms with Crippen LogP contribution in [0, 0.1) is 11.7 Å².